The molecule has 0 saturated heterocycles. The van der Waals surface area contributed by atoms with Crippen LogP contribution in [0.15, 0.2) is 35.1 Å². The summed E-state index contributed by atoms with van der Waals surface area (Å²) in [5, 5.41) is 3.52. The molecule has 1 aromatic carbocycles. The minimum absolute atomic E-state index is 0.290. The zero-order chi connectivity index (χ0) is 13.0. The lowest BCUT2D eigenvalue weighted by molar-refractivity contribution is 0.536. The van der Waals surface area contributed by atoms with Crippen LogP contribution in [0.1, 0.15) is 29.9 Å². The summed E-state index contributed by atoms with van der Waals surface area (Å²) in [5.74, 6) is 1.01. The van der Waals surface area contributed by atoms with Gasteiger partial charge in [0.25, 0.3) is 0 Å². The Morgan fingerprint density at radius 2 is 2.28 bits per heavy atom. The number of hydrogen-bond donors (Lipinski definition) is 2. The summed E-state index contributed by atoms with van der Waals surface area (Å²) in [5.41, 5.74) is 2.62. The summed E-state index contributed by atoms with van der Waals surface area (Å²) in [4.78, 5) is 7.48. The molecule has 1 unspecified atom stereocenters. The first kappa shape index (κ1) is 13.3. The predicted molar refractivity (Wildman–Crippen MR) is 77.6 cm³/mol. The molecule has 0 aliphatic heterocycles. The van der Waals surface area contributed by atoms with Crippen LogP contribution in [-0.4, -0.2) is 16.5 Å². The molecule has 0 spiro atoms. The van der Waals surface area contributed by atoms with Crippen LogP contribution in [-0.2, 0) is 6.42 Å². The lowest BCUT2D eigenvalue weighted by atomic mass is 9.98. The Hall–Kier alpha value is -1.13. The second-order valence-corrected chi connectivity index (χ2v) is 5.27. The highest BCUT2D eigenvalue weighted by Gasteiger charge is 2.15. The number of rotatable bonds is 5. The SMILES string of the molecule is CCNC(Cc1ncc[nH]1)c1cc(Br)ccc1C. The molecule has 0 aliphatic carbocycles. The van der Waals surface area contributed by atoms with Crippen LogP contribution in [0.4, 0.5) is 0 Å². The molecule has 0 saturated carbocycles. The van der Waals surface area contributed by atoms with Gasteiger partial charge in [-0.05, 0) is 36.7 Å². The molecule has 18 heavy (non-hydrogen) atoms. The van der Waals surface area contributed by atoms with Crippen molar-refractivity contribution >= 4 is 15.9 Å². The fourth-order valence-electron chi connectivity index (χ4n) is 2.13. The first-order valence-corrected chi connectivity index (χ1v) is 6.97. The van der Waals surface area contributed by atoms with Crippen molar-refractivity contribution in [3.8, 4) is 0 Å². The van der Waals surface area contributed by atoms with Crippen molar-refractivity contribution in [3.63, 3.8) is 0 Å². The minimum atomic E-state index is 0.290. The number of H-pyrrole nitrogens is 1. The molecule has 1 aromatic heterocycles. The number of imidazole rings is 1. The maximum absolute atomic E-state index is 4.31. The largest absolute Gasteiger partial charge is 0.349 e. The maximum Gasteiger partial charge on any atom is 0.107 e. The van der Waals surface area contributed by atoms with Crippen LogP contribution >= 0.6 is 15.9 Å². The number of nitrogens with zero attached hydrogens (tertiary/aromatic N) is 1. The van der Waals surface area contributed by atoms with Gasteiger partial charge in [-0.1, -0.05) is 28.9 Å². The first-order valence-electron chi connectivity index (χ1n) is 6.18. The molecule has 0 aliphatic rings. The monoisotopic (exact) mass is 307 g/mol. The molecule has 2 N–H and O–H groups in total. The molecule has 0 fully saturated rings. The average molecular weight is 308 g/mol. The third kappa shape index (κ3) is 3.21. The summed E-state index contributed by atoms with van der Waals surface area (Å²) in [6, 6.07) is 6.70. The first-order chi connectivity index (χ1) is 8.70. The third-order valence-corrected chi connectivity index (χ3v) is 3.51. The molecule has 0 amide bonds. The molecule has 1 heterocycles. The smallest absolute Gasteiger partial charge is 0.107 e. The van der Waals surface area contributed by atoms with Crippen molar-refractivity contribution in [2.24, 2.45) is 0 Å². The number of hydrogen-bond acceptors (Lipinski definition) is 2. The number of aryl methyl sites for hydroxylation is 1. The van der Waals surface area contributed by atoms with Crippen molar-refractivity contribution < 1.29 is 0 Å². The van der Waals surface area contributed by atoms with E-state index in [9.17, 15) is 0 Å². The van der Waals surface area contributed by atoms with E-state index >= 15 is 0 Å². The quantitative estimate of drug-likeness (QED) is 0.889. The standard InChI is InChI=1S/C14H18BrN3/c1-3-16-13(9-14-17-6-7-18-14)12-8-11(15)5-4-10(12)2/h4-8,13,16H,3,9H2,1-2H3,(H,17,18). The fraction of sp³-hybridized carbons (Fsp3) is 0.357. The maximum atomic E-state index is 4.31. The van der Waals surface area contributed by atoms with Gasteiger partial charge in [-0.25, -0.2) is 4.98 Å². The van der Waals surface area contributed by atoms with Crippen LogP contribution in [0.25, 0.3) is 0 Å². The number of aromatic amines is 1. The lowest BCUT2D eigenvalue weighted by Gasteiger charge is -2.19. The van der Waals surface area contributed by atoms with E-state index in [0.717, 1.165) is 23.3 Å². The second-order valence-electron chi connectivity index (χ2n) is 4.35. The van der Waals surface area contributed by atoms with Gasteiger partial charge in [0.1, 0.15) is 5.82 Å². The van der Waals surface area contributed by atoms with Crippen molar-refractivity contribution in [2.45, 2.75) is 26.3 Å². The fourth-order valence-corrected chi connectivity index (χ4v) is 2.51. The van der Waals surface area contributed by atoms with Crippen molar-refractivity contribution in [2.75, 3.05) is 6.54 Å². The molecule has 2 rings (SSSR count). The van der Waals surface area contributed by atoms with Gasteiger partial charge in [0, 0.05) is 29.3 Å². The number of benzene rings is 1. The Morgan fingerprint density at radius 3 is 2.94 bits per heavy atom. The second kappa shape index (κ2) is 6.16. The summed E-state index contributed by atoms with van der Waals surface area (Å²) in [7, 11) is 0. The highest BCUT2D eigenvalue weighted by molar-refractivity contribution is 9.10. The Bertz CT molecular complexity index is 494. The Labute approximate surface area is 116 Å². The van der Waals surface area contributed by atoms with Crippen molar-refractivity contribution in [3.05, 3.63) is 52.0 Å². The summed E-state index contributed by atoms with van der Waals surface area (Å²) in [6.07, 6.45) is 4.54. The van der Waals surface area contributed by atoms with E-state index in [-0.39, 0.29) is 0 Å². The molecule has 4 heteroatoms. The molecule has 96 valence electrons. The van der Waals surface area contributed by atoms with Crippen LogP contribution in [0.3, 0.4) is 0 Å². The van der Waals surface area contributed by atoms with E-state index in [1.54, 1.807) is 6.20 Å². The number of likely N-dealkylation sites (N-methyl/N-ethyl adjacent to an activating group) is 1. The molecule has 3 nitrogen and oxygen atoms in total. The Kier molecular flexibility index (Phi) is 4.55. The number of aromatic nitrogens is 2. The molecular weight excluding hydrogens is 290 g/mol. The Balaban J connectivity index is 2.26. The molecule has 2 aromatic rings. The van der Waals surface area contributed by atoms with E-state index in [1.165, 1.54) is 11.1 Å². The summed E-state index contributed by atoms with van der Waals surface area (Å²) < 4.78 is 1.12. The van der Waals surface area contributed by atoms with Gasteiger partial charge >= 0.3 is 0 Å². The van der Waals surface area contributed by atoms with E-state index < -0.39 is 0 Å². The third-order valence-electron chi connectivity index (χ3n) is 3.02. The minimum Gasteiger partial charge on any atom is -0.349 e. The van der Waals surface area contributed by atoms with Gasteiger partial charge in [-0.15, -0.1) is 0 Å². The number of halogens is 1. The van der Waals surface area contributed by atoms with Gasteiger partial charge in [0.05, 0.1) is 0 Å². The van der Waals surface area contributed by atoms with Gasteiger partial charge < -0.3 is 10.3 Å². The molecular formula is C14H18BrN3. The lowest BCUT2D eigenvalue weighted by Crippen LogP contribution is -2.24. The van der Waals surface area contributed by atoms with E-state index in [0.29, 0.717) is 6.04 Å². The van der Waals surface area contributed by atoms with Gasteiger partial charge in [-0.2, -0.15) is 0 Å². The molecule has 0 bridgehead atoms. The highest BCUT2D eigenvalue weighted by Crippen LogP contribution is 2.24. The summed E-state index contributed by atoms with van der Waals surface area (Å²) >= 11 is 3.54. The number of nitrogens with one attached hydrogen (secondary N) is 2. The zero-order valence-electron chi connectivity index (χ0n) is 10.7. The predicted octanol–water partition coefficient (Wildman–Crippen LogP) is 3.37. The highest BCUT2D eigenvalue weighted by atomic mass is 79.9. The normalized spacial score (nSPS) is 12.6. The molecule has 1 atom stereocenters. The zero-order valence-corrected chi connectivity index (χ0v) is 12.3. The van der Waals surface area contributed by atoms with Crippen LogP contribution in [0.2, 0.25) is 0 Å². The van der Waals surface area contributed by atoms with Crippen molar-refractivity contribution in [1.29, 1.82) is 0 Å². The van der Waals surface area contributed by atoms with Crippen LogP contribution < -0.4 is 5.32 Å². The van der Waals surface area contributed by atoms with Crippen LogP contribution in [0, 0.1) is 6.92 Å². The molecule has 0 radical (unpaired) electrons. The average Bonchev–Trinajstić information content (AvgIpc) is 2.85. The Morgan fingerprint density at radius 1 is 1.44 bits per heavy atom. The van der Waals surface area contributed by atoms with Gasteiger partial charge in [0.2, 0.25) is 0 Å². The topological polar surface area (TPSA) is 40.7 Å². The van der Waals surface area contributed by atoms with Crippen molar-refractivity contribution in [1.82, 2.24) is 15.3 Å². The van der Waals surface area contributed by atoms with Crippen LogP contribution in [0.5, 0.6) is 0 Å². The van der Waals surface area contributed by atoms with Gasteiger partial charge in [-0.3, -0.25) is 0 Å². The van der Waals surface area contributed by atoms with E-state index in [4.69, 9.17) is 0 Å². The van der Waals surface area contributed by atoms with Gasteiger partial charge in [0.15, 0.2) is 0 Å². The summed E-state index contributed by atoms with van der Waals surface area (Å²) in [6.45, 7) is 5.22. The van der Waals surface area contributed by atoms with E-state index in [1.807, 2.05) is 6.20 Å². The van der Waals surface area contributed by atoms with E-state index in [2.05, 4.69) is 63.3 Å².